The zero-order valence-electron chi connectivity index (χ0n) is 6.73. The van der Waals surface area contributed by atoms with Gasteiger partial charge in [-0.1, -0.05) is 29.0 Å². The van der Waals surface area contributed by atoms with Crippen molar-refractivity contribution in [2.45, 2.75) is 19.3 Å². The Kier molecular flexibility index (Phi) is 3.30. The van der Waals surface area contributed by atoms with E-state index in [4.69, 9.17) is 4.74 Å². The number of Topliss-reactive ketones (excluding diaryl/α,β-unsaturated/α-hetero) is 1. The van der Waals surface area contributed by atoms with Gasteiger partial charge in [0.1, 0.15) is 0 Å². The van der Waals surface area contributed by atoms with E-state index in [2.05, 4.69) is 22.6 Å². The molecule has 0 aliphatic heterocycles. The highest BCUT2D eigenvalue weighted by Crippen LogP contribution is 2.42. The Labute approximate surface area is 80.8 Å². The maximum atomic E-state index is 11.4. The topological polar surface area (TPSA) is 26.3 Å². The molecule has 1 fully saturated rings. The summed E-state index contributed by atoms with van der Waals surface area (Å²) in [6.07, 6.45) is 3.25. The molecule has 0 atom stereocenters. The van der Waals surface area contributed by atoms with Crippen molar-refractivity contribution in [2.24, 2.45) is 5.41 Å². The third-order valence-electron chi connectivity index (χ3n) is 2.44. The van der Waals surface area contributed by atoms with Gasteiger partial charge >= 0.3 is 0 Å². The minimum Gasteiger partial charge on any atom is -0.384 e. The standard InChI is InChI=1S/C8H13IO2/c1-11-6-8(3-2-4-8)7(10)5-9/h2-6H2,1H3. The second kappa shape index (κ2) is 3.85. The Morgan fingerprint density at radius 2 is 2.27 bits per heavy atom. The normalized spacial score (nSPS) is 20.9. The number of methoxy groups -OCH3 is 1. The molecule has 1 rings (SSSR count). The average molecular weight is 268 g/mol. The molecule has 0 heterocycles. The van der Waals surface area contributed by atoms with Gasteiger partial charge < -0.3 is 4.74 Å². The molecule has 0 saturated heterocycles. The van der Waals surface area contributed by atoms with Gasteiger partial charge in [0.05, 0.1) is 16.4 Å². The van der Waals surface area contributed by atoms with Crippen LogP contribution in [0.4, 0.5) is 0 Å². The zero-order chi connectivity index (χ0) is 8.32. The first-order valence-electron chi connectivity index (χ1n) is 3.83. The predicted molar refractivity (Wildman–Crippen MR) is 52.1 cm³/mol. The van der Waals surface area contributed by atoms with E-state index in [9.17, 15) is 4.79 Å². The number of ketones is 1. The number of hydrogen-bond donors (Lipinski definition) is 0. The third-order valence-corrected chi connectivity index (χ3v) is 3.14. The number of carbonyl (C=O) groups excluding carboxylic acids is 1. The van der Waals surface area contributed by atoms with Crippen LogP contribution in [-0.2, 0) is 9.53 Å². The minimum atomic E-state index is -0.0874. The van der Waals surface area contributed by atoms with Crippen LogP contribution in [-0.4, -0.2) is 23.9 Å². The highest BCUT2D eigenvalue weighted by molar-refractivity contribution is 14.1. The summed E-state index contributed by atoms with van der Waals surface area (Å²) in [6.45, 7) is 0.620. The van der Waals surface area contributed by atoms with Crippen molar-refractivity contribution in [1.82, 2.24) is 0 Å². The SMILES string of the molecule is COCC1(C(=O)CI)CCC1. The molecule has 1 saturated carbocycles. The number of alkyl halides is 1. The molecule has 0 bridgehead atoms. The zero-order valence-corrected chi connectivity index (χ0v) is 8.89. The molecule has 3 heteroatoms. The lowest BCUT2D eigenvalue weighted by molar-refractivity contribution is -0.134. The van der Waals surface area contributed by atoms with Crippen LogP contribution in [0.5, 0.6) is 0 Å². The molecule has 0 spiro atoms. The van der Waals surface area contributed by atoms with Crippen LogP contribution in [0.1, 0.15) is 19.3 Å². The molecule has 0 amide bonds. The maximum absolute atomic E-state index is 11.4. The van der Waals surface area contributed by atoms with E-state index < -0.39 is 0 Å². The number of halogens is 1. The number of rotatable bonds is 4. The van der Waals surface area contributed by atoms with Crippen molar-refractivity contribution in [2.75, 3.05) is 18.1 Å². The fraction of sp³-hybridized carbons (Fsp3) is 0.875. The van der Waals surface area contributed by atoms with Gasteiger partial charge in [-0.25, -0.2) is 0 Å². The van der Waals surface area contributed by atoms with Crippen molar-refractivity contribution in [3.63, 3.8) is 0 Å². The first-order chi connectivity index (χ1) is 5.25. The van der Waals surface area contributed by atoms with Crippen LogP contribution in [0.15, 0.2) is 0 Å². The van der Waals surface area contributed by atoms with Crippen molar-refractivity contribution in [1.29, 1.82) is 0 Å². The number of ether oxygens (including phenoxy) is 1. The van der Waals surface area contributed by atoms with Crippen LogP contribution < -0.4 is 0 Å². The largest absolute Gasteiger partial charge is 0.384 e. The van der Waals surface area contributed by atoms with Crippen molar-refractivity contribution >= 4 is 28.4 Å². The summed E-state index contributed by atoms with van der Waals surface area (Å²) in [5, 5.41) is 0. The van der Waals surface area contributed by atoms with Crippen molar-refractivity contribution in [3.05, 3.63) is 0 Å². The fourth-order valence-electron chi connectivity index (χ4n) is 1.53. The fourth-order valence-corrected chi connectivity index (χ4v) is 2.33. The van der Waals surface area contributed by atoms with E-state index in [-0.39, 0.29) is 5.41 Å². The molecule has 64 valence electrons. The van der Waals surface area contributed by atoms with Crippen LogP contribution >= 0.6 is 22.6 Å². The number of hydrogen-bond acceptors (Lipinski definition) is 2. The number of carbonyl (C=O) groups is 1. The van der Waals surface area contributed by atoms with E-state index in [1.165, 1.54) is 6.42 Å². The Morgan fingerprint density at radius 1 is 1.64 bits per heavy atom. The van der Waals surface area contributed by atoms with Gasteiger partial charge in [0, 0.05) is 7.11 Å². The lowest BCUT2D eigenvalue weighted by atomic mass is 9.67. The molecule has 0 unspecified atom stereocenters. The van der Waals surface area contributed by atoms with Gasteiger partial charge in [-0.15, -0.1) is 0 Å². The molecule has 2 nitrogen and oxygen atoms in total. The van der Waals surface area contributed by atoms with E-state index in [0.29, 0.717) is 16.8 Å². The quantitative estimate of drug-likeness (QED) is 0.574. The Bertz CT molecular complexity index is 152. The van der Waals surface area contributed by atoms with Crippen LogP contribution in [0.3, 0.4) is 0 Å². The molecule has 0 aromatic rings. The molecule has 0 aromatic carbocycles. The molecule has 0 aromatic heterocycles. The van der Waals surface area contributed by atoms with Crippen LogP contribution in [0.25, 0.3) is 0 Å². The molecule has 1 aliphatic rings. The predicted octanol–water partition coefficient (Wildman–Crippen LogP) is 1.81. The molecule has 11 heavy (non-hydrogen) atoms. The first-order valence-corrected chi connectivity index (χ1v) is 5.36. The average Bonchev–Trinajstić information content (AvgIpc) is 1.95. The van der Waals surface area contributed by atoms with E-state index >= 15 is 0 Å². The highest BCUT2D eigenvalue weighted by Gasteiger charge is 2.42. The summed E-state index contributed by atoms with van der Waals surface area (Å²) in [6, 6.07) is 0. The Morgan fingerprint density at radius 3 is 2.55 bits per heavy atom. The van der Waals surface area contributed by atoms with Gasteiger partial charge in [0.2, 0.25) is 0 Å². The minimum absolute atomic E-state index is 0.0874. The van der Waals surface area contributed by atoms with E-state index in [1.54, 1.807) is 7.11 Å². The van der Waals surface area contributed by atoms with Crippen molar-refractivity contribution in [3.8, 4) is 0 Å². The maximum Gasteiger partial charge on any atom is 0.151 e. The monoisotopic (exact) mass is 268 g/mol. The van der Waals surface area contributed by atoms with Crippen LogP contribution in [0.2, 0.25) is 0 Å². The summed E-state index contributed by atoms with van der Waals surface area (Å²) in [5.74, 6) is 0.367. The summed E-state index contributed by atoms with van der Waals surface area (Å²) in [7, 11) is 1.67. The third kappa shape index (κ3) is 1.75. The molecular weight excluding hydrogens is 255 g/mol. The smallest absolute Gasteiger partial charge is 0.151 e. The summed E-state index contributed by atoms with van der Waals surface area (Å²) in [4.78, 5) is 11.4. The molecular formula is C8H13IO2. The van der Waals surface area contributed by atoms with E-state index in [0.717, 1.165) is 12.8 Å². The van der Waals surface area contributed by atoms with Crippen molar-refractivity contribution < 1.29 is 9.53 Å². The van der Waals surface area contributed by atoms with Crippen LogP contribution in [0, 0.1) is 5.41 Å². The first kappa shape index (κ1) is 9.45. The lowest BCUT2D eigenvalue weighted by Gasteiger charge is -2.39. The molecule has 0 N–H and O–H groups in total. The molecule has 1 aliphatic carbocycles. The van der Waals surface area contributed by atoms with Gasteiger partial charge in [-0.2, -0.15) is 0 Å². The Hall–Kier alpha value is 0.360. The van der Waals surface area contributed by atoms with Gasteiger partial charge in [0.15, 0.2) is 5.78 Å². The second-order valence-electron chi connectivity index (χ2n) is 3.12. The Balaban J connectivity index is 2.52. The van der Waals surface area contributed by atoms with Gasteiger partial charge in [0.25, 0.3) is 0 Å². The van der Waals surface area contributed by atoms with Gasteiger partial charge in [-0.3, -0.25) is 4.79 Å². The summed E-state index contributed by atoms with van der Waals surface area (Å²) >= 11 is 2.13. The molecule has 0 radical (unpaired) electrons. The highest BCUT2D eigenvalue weighted by atomic mass is 127. The summed E-state index contributed by atoms with van der Waals surface area (Å²) < 4.78 is 5.67. The summed E-state index contributed by atoms with van der Waals surface area (Å²) in [5.41, 5.74) is -0.0874. The lowest BCUT2D eigenvalue weighted by Crippen LogP contribution is -2.42. The second-order valence-corrected chi connectivity index (χ2v) is 3.89. The van der Waals surface area contributed by atoms with Gasteiger partial charge in [-0.05, 0) is 12.8 Å². The van der Waals surface area contributed by atoms with E-state index in [1.807, 2.05) is 0 Å².